The van der Waals surface area contributed by atoms with Gasteiger partial charge in [0.05, 0.1) is 10.6 Å². The zero-order chi connectivity index (χ0) is 12.8. The summed E-state index contributed by atoms with van der Waals surface area (Å²) in [5.41, 5.74) is -0.0638. The summed E-state index contributed by atoms with van der Waals surface area (Å²) < 4.78 is 25.7. The van der Waals surface area contributed by atoms with Crippen molar-refractivity contribution < 1.29 is 13.6 Å². The molecule has 0 bridgehead atoms. The molecular formula is C12H12ClF2NO. The first-order valence-corrected chi connectivity index (χ1v) is 5.48. The zero-order valence-electron chi connectivity index (χ0n) is 9.27. The van der Waals surface area contributed by atoms with Gasteiger partial charge in [0.2, 0.25) is 0 Å². The highest BCUT2D eigenvalue weighted by Crippen LogP contribution is 2.19. The van der Waals surface area contributed by atoms with Gasteiger partial charge in [-0.2, -0.15) is 0 Å². The van der Waals surface area contributed by atoms with Crippen LogP contribution in [0.2, 0.25) is 5.02 Å². The summed E-state index contributed by atoms with van der Waals surface area (Å²) in [5.74, 6) is -2.67. The molecule has 0 aliphatic carbocycles. The molecule has 1 rings (SSSR count). The molecule has 0 spiro atoms. The predicted molar refractivity (Wildman–Crippen MR) is 63.1 cm³/mol. The fourth-order valence-corrected chi connectivity index (χ4v) is 1.46. The van der Waals surface area contributed by atoms with Gasteiger partial charge in [0.15, 0.2) is 11.6 Å². The number of hydrogen-bond donors (Lipinski definition) is 1. The van der Waals surface area contributed by atoms with Gasteiger partial charge in [-0.05, 0) is 25.5 Å². The summed E-state index contributed by atoms with van der Waals surface area (Å²) in [6.45, 7) is 2.28. The van der Waals surface area contributed by atoms with E-state index in [1.807, 2.05) is 19.1 Å². The maximum Gasteiger partial charge on any atom is 0.252 e. The van der Waals surface area contributed by atoms with Crippen LogP contribution < -0.4 is 5.32 Å². The molecule has 17 heavy (non-hydrogen) atoms. The SMILES string of the molecule is C/C=C/CCNC(=O)c1cc(F)c(F)cc1Cl. The number of halogens is 3. The molecule has 1 amide bonds. The molecule has 0 unspecified atom stereocenters. The van der Waals surface area contributed by atoms with Gasteiger partial charge >= 0.3 is 0 Å². The lowest BCUT2D eigenvalue weighted by Crippen LogP contribution is -2.24. The molecule has 0 fully saturated rings. The number of benzene rings is 1. The van der Waals surface area contributed by atoms with Crippen molar-refractivity contribution in [2.45, 2.75) is 13.3 Å². The normalized spacial score (nSPS) is 10.8. The van der Waals surface area contributed by atoms with Crippen molar-refractivity contribution in [3.8, 4) is 0 Å². The van der Waals surface area contributed by atoms with Crippen LogP contribution in [0.3, 0.4) is 0 Å². The van der Waals surface area contributed by atoms with Crippen LogP contribution in [0.15, 0.2) is 24.3 Å². The van der Waals surface area contributed by atoms with Crippen LogP contribution in [-0.2, 0) is 0 Å². The van der Waals surface area contributed by atoms with E-state index < -0.39 is 17.5 Å². The van der Waals surface area contributed by atoms with Crippen LogP contribution in [0.25, 0.3) is 0 Å². The molecular weight excluding hydrogens is 248 g/mol. The Kier molecular flexibility index (Phi) is 5.10. The van der Waals surface area contributed by atoms with E-state index in [1.54, 1.807) is 0 Å². The Morgan fingerprint density at radius 2 is 2.06 bits per heavy atom. The molecule has 0 radical (unpaired) electrons. The Bertz CT molecular complexity index is 446. The minimum atomic E-state index is -1.09. The Balaban J connectivity index is 2.72. The highest BCUT2D eigenvalue weighted by Gasteiger charge is 2.14. The summed E-state index contributed by atoms with van der Waals surface area (Å²) in [4.78, 5) is 11.6. The van der Waals surface area contributed by atoms with Crippen molar-refractivity contribution in [2.24, 2.45) is 0 Å². The number of amides is 1. The van der Waals surface area contributed by atoms with Crippen LogP contribution in [0.1, 0.15) is 23.7 Å². The minimum Gasteiger partial charge on any atom is -0.352 e. The monoisotopic (exact) mass is 259 g/mol. The first kappa shape index (κ1) is 13.6. The molecule has 0 aliphatic heterocycles. The summed E-state index contributed by atoms with van der Waals surface area (Å²) >= 11 is 5.65. The number of nitrogens with one attached hydrogen (secondary N) is 1. The van der Waals surface area contributed by atoms with Crippen LogP contribution >= 0.6 is 11.6 Å². The lowest BCUT2D eigenvalue weighted by atomic mass is 10.2. The molecule has 1 N–H and O–H groups in total. The van der Waals surface area contributed by atoms with Gasteiger partial charge < -0.3 is 5.32 Å². The van der Waals surface area contributed by atoms with Crippen molar-refractivity contribution in [2.75, 3.05) is 6.54 Å². The quantitative estimate of drug-likeness (QED) is 0.502. The second-order valence-electron chi connectivity index (χ2n) is 3.36. The summed E-state index contributed by atoms with van der Waals surface area (Å²) in [7, 11) is 0. The van der Waals surface area contributed by atoms with Crippen molar-refractivity contribution in [3.63, 3.8) is 0 Å². The van der Waals surface area contributed by atoms with Crippen LogP contribution in [0, 0.1) is 11.6 Å². The Hall–Kier alpha value is -1.42. The van der Waals surface area contributed by atoms with E-state index >= 15 is 0 Å². The average molecular weight is 260 g/mol. The maximum atomic E-state index is 12.9. The summed E-state index contributed by atoms with van der Waals surface area (Å²) in [6, 6.07) is 1.58. The standard InChI is InChI=1S/C12H12ClF2NO/c1-2-3-4-5-16-12(17)8-6-10(14)11(15)7-9(8)13/h2-3,6-7H,4-5H2,1H3,(H,16,17)/b3-2+. The first-order chi connectivity index (χ1) is 8.06. The summed E-state index contributed by atoms with van der Waals surface area (Å²) in [5, 5.41) is 2.45. The van der Waals surface area contributed by atoms with Crippen LogP contribution in [-0.4, -0.2) is 12.5 Å². The van der Waals surface area contributed by atoms with Gasteiger partial charge in [0.25, 0.3) is 5.91 Å². The fraction of sp³-hybridized carbons (Fsp3) is 0.250. The van der Waals surface area contributed by atoms with Crippen molar-refractivity contribution in [1.82, 2.24) is 5.32 Å². The molecule has 0 saturated heterocycles. The smallest absolute Gasteiger partial charge is 0.252 e. The molecule has 2 nitrogen and oxygen atoms in total. The number of carbonyl (C=O) groups excluding carboxylic acids is 1. The maximum absolute atomic E-state index is 12.9. The number of carbonyl (C=O) groups is 1. The Morgan fingerprint density at radius 3 is 2.71 bits per heavy atom. The van der Waals surface area contributed by atoms with E-state index in [0.29, 0.717) is 13.0 Å². The molecule has 0 saturated carbocycles. The van der Waals surface area contributed by atoms with Gasteiger partial charge in [0.1, 0.15) is 0 Å². The topological polar surface area (TPSA) is 29.1 Å². The molecule has 0 atom stereocenters. The van der Waals surface area contributed by atoms with Gasteiger partial charge in [0, 0.05) is 6.54 Å². The van der Waals surface area contributed by atoms with E-state index in [0.717, 1.165) is 12.1 Å². The van der Waals surface area contributed by atoms with E-state index in [-0.39, 0.29) is 10.6 Å². The third-order valence-corrected chi connectivity index (χ3v) is 2.40. The predicted octanol–water partition coefficient (Wildman–Crippen LogP) is 3.31. The van der Waals surface area contributed by atoms with Gasteiger partial charge in [-0.25, -0.2) is 8.78 Å². The second-order valence-corrected chi connectivity index (χ2v) is 3.77. The van der Waals surface area contributed by atoms with Crippen molar-refractivity contribution in [1.29, 1.82) is 0 Å². The molecule has 0 aromatic heterocycles. The molecule has 0 heterocycles. The van der Waals surface area contributed by atoms with Gasteiger partial charge in [-0.3, -0.25) is 4.79 Å². The largest absolute Gasteiger partial charge is 0.352 e. The molecule has 1 aromatic rings. The Labute approximate surface area is 103 Å². The van der Waals surface area contributed by atoms with E-state index in [9.17, 15) is 13.6 Å². The van der Waals surface area contributed by atoms with Crippen molar-refractivity contribution >= 4 is 17.5 Å². The van der Waals surface area contributed by atoms with E-state index in [1.165, 1.54) is 0 Å². The number of allylic oxidation sites excluding steroid dienone is 1. The summed E-state index contributed by atoms with van der Waals surface area (Å²) in [6.07, 6.45) is 4.41. The highest BCUT2D eigenvalue weighted by molar-refractivity contribution is 6.33. The van der Waals surface area contributed by atoms with Gasteiger partial charge in [-0.15, -0.1) is 0 Å². The average Bonchev–Trinajstić information content (AvgIpc) is 2.29. The number of rotatable bonds is 4. The van der Waals surface area contributed by atoms with E-state index in [4.69, 9.17) is 11.6 Å². The minimum absolute atomic E-state index is 0.0638. The third-order valence-electron chi connectivity index (χ3n) is 2.09. The van der Waals surface area contributed by atoms with Crippen LogP contribution in [0.4, 0.5) is 8.78 Å². The first-order valence-electron chi connectivity index (χ1n) is 5.10. The van der Waals surface area contributed by atoms with Crippen molar-refractivity contribution in [3.05, 3.63) is 46.5 Å². The van der Waals surface area contributed by atoms with Crippen LogP contribution in [0.5, 0.6) is 0 Å². The van der Waals surface area contributed by atoms with E-state index in [2.05, 4.69) is 5.32 Å². The molecule has 1 aromatic carbocycles. The third kappa shape index (κ3) is 3.82. The second kappa shape index (κ2) is 6.35. The molecule has 5 heteroatoms. The Morgan fingerprint density at radius 1 is 1.41 bits per heavy atom. The lowest BCUT2D eigenvalue weighted by molar-refractivity contribution is 0.0954. The molecule has 92 valence electrons. The van der Waals surface area contributed by atoms with Gasteiger partial charge in [-0.1, -0.05) is 23.8 Å². The lowest BCUT2D eigenvalue weighted by Gasteiger charge is -2.06. The zero-order valence-corrected chi connectivity index (χ0v) is 10.0. The number of hydrogen-bond acceptors (Lipinski definition) is 1. The highest BCUT2D eigenvalue weighted by atomic mass is 35.5. The molecule has 0 aliphatic rings. The fourth-order valence-electron chi connectivity index (χ4n) is 1.23.